The van der Waals surface area contributed by atoms with E-state index in [-0.39, 0.29) is 5.78 Å². The van der Waals surface area contributed by atoms with E-state index in [4.69, 9.17) is 4.74 Å². The van der Waals surface area contributed by atoms with Crippen molar-refractivity contribution in [2.24, 2.45) is 0 Å². The molecule has 2 rings (SSSR count). The second-order valence-electron chi connectivity index (χ2n) is 4.18. The van der Waals surface area contributed by atoms with Crippen LogP contribution < -0.4 is 0 Å². The highest BCUT2D eigenvalue weighted by Gasteiger charge is 2.16. The van der Waals surface area contributed by atoms with Crippen LogP contribution in [-0.2, 0) is 4.74 Å². The molecule has 17 heavy (non-hydrogen) atoms. The fourth-order valence-corrected chi connectivity index (χ4v) is 3.97. The number of carbonyl (C=O) groups excluding carboxylic acids is 1. The SMILES string of the molecule is O=C(CCCC1CCCO1)c1cc(Br)c(Br)s1. The minimum Gasteiger partial charge on any atom is -0.378 e. The van der Waals surface area contributed by atoms with E-state index < -0.39 is 0 Å². The Balaban J connectivity index is 1.76. The van der Waals surface area contributed by atoms with Gasteiger partial charge in [0.15, 0.2) is 5.78 Å². The van der Waals surface area contributed by atoms with Gasteiger partial charge >= 0.3 is 0 Å². The van der Waals surface area contributed by atoms with E-state index in [1.165, 1.54) is 17.8 Å². The molecule has 1 aliphatic rings. The highest BCUT2D eigenvalue weighted by Crippen LogP contribution is 2.33. The standard InChI is InChI=1S/C12H14Br2O2S/c13-9-7-11(17-12(9)14)10(15)5-1-3-8-4-2-6-16-8/h7-8H,1-6H2. The number of ether oxygens (including phenoxy) is 1. The topological polar surface area (TPSA) is 26.3 Å². The molecule has 1 aliphatic heterocycles. The zero-order chi connectivity index (χ0) is 12.3. The van der Waals surface area contributed by atoms with Crippen LogP contribution in [-0.4, -0.2) is 18.5 Å². The zero-order valence-corrected chi connectivity index (χ0v) is 13.4. The van der Waals surface area contributed by atoms with Crippen molar-refractivity contribution in [2.45, 2.75) is 38.2 Å². The summed E-state index contributed by atoms with van der Waals surface area (Å²) in [5, 5.41) is 0. The first-order valence-corrected chi connectivity index (χ1v) is 8.16. The average molecular weight is 382 g/mol. The molecule has 1 atom stereocenters. The first-order valence-electron chi connectivity index (χ1n) is 5.76. The number of Topliss-reactive ketones (excluding diaryl/α,β-unsaturated/α-hetero) is 1. The molecule has 1 aromatic heterocycles. The van der Waals surface area contributed by atoms with Crippen LogP contribution in [0.1, 0.15) is 41.8 Å². The summed E-state index contributed by atoms with van der Waals surface area (Å²) in [6.07, 6.45) is 5.29. The quantitative estimate of drug-likeness (QED) is 0.684. The van der Waals surface area contributed by atoms with Crippen LogP contribution in [0.15, 0.2) is 14.3 Å². The molecule has 1 aromatic rings. The molecule has 0 radical (unpaired) electrons. The van der Waals surface area contributed by atoms with E-state index >= 15 is 0 Å². The monoisotopic (exact) mass is 380 g/mol. The molecule has 0 bridgehead atoms. The van der Waals surface area contributed by atoms with Gasteiger partial charge in [0.05, 0.1) is 14.8 Å². The van der Waals surface area contributed by atoms with Crippen LogP contribution in [0.2, 0.25) is 0 Å². The van der Waals surface area contributed by atoms with E-state index in [0.29, 0.717) is 12.5 Å². The van der Waals surface area contributed by atoms with Gasteiger partial charge in [0.1, 0.15) is 0 Å². The summed E-state index contributed by atoms with van der Waals surface area (Å²) in [7, 11) is 0. The lowest BCUT2D eigenvalue weighted by atomic mass is 10.1. The first-order chi connectivity index (χ1) is 8.16. The van der Waals surface area contributed by atoms with Gasteiger partial charge < -0.3 is 4.74 Å². The Hall–Kier alpha value is 0.290. The van der Waals surface area contributed by atoms with Crippen molar-refractivity contribution in [1.82, 2.24) is 0 Å². The van der Waals surface area contributed by atoms with Crippen molar-refractivity contribution in [3.05, 3.63) is 19.2 Å². The van der Waals surface area contributed by atoms with Crippen molar-refractivity contribution in [1.29, 1.82) is 0 Å². The van der Waals surface area contributed by atoms with Gasteiger partial charge in [-0.25, -0.2) is 0 Å². The Labute approximate surface area is 122 Å². The highest BCUT2D eigenvalue weighted by molar-refractivity contribution is 9.13. The normalized spacial score (nSPS) is 19.8. The van der Waals surface area contributed by atoms with Gasteiger partial charge in [-0.05, 0) is 63.6 Å². The van der Waals surface area contributed by atoms with Crippen molar-refractivity contribution in [3.63, 3.8) is 0 Å². The van der Waals surface area contributed by atoms with Gasteiger partial charge in [-0.1, -0.05) is 0 Å². The van der Waals surface area contributed by atoms with Crippen molar-refractivity contribution in [3.8, 4) is 0 Å². The second kappa shape index (κ2) is 6.45. The highest BCUT2D eigenvalue weighted by atomic mass is 79.9. The van der Waals surface area contributed by atoms with Crippen molar-refractivity contribution >= 4 is 49.0 Å². The zero-order valence-electron chi connectivity index (χ0n) is 9.38. The fraction of sp³-hybridized carbons (Fsp3) is 0.583. The fourth-order valence-electron chi connectivity index (χ4n) is 1.97. The lowest BCUT2D eigenvalue weighted by Gasteiger charge is -2.07. The van der Waals surface area contributed by atoms with Crippen LogP contribution in [0.3, 0.4) is 0 Å². The number of hydrogen-bond donors (Lipinski definition) is 0. The average Bonchev–Trinajstić information content (AvgIpc) is 2.90. The number of hydrogen-bond acceptors (Lipinski definition) is 3. The predicted octanol–water partition coefficient (Wildman–Crippen LogP) is 4.81. The van der Waals surface area contributed by atoms with Crippen LogP contribution in [0, 0.1) is 0 Å². The number of carbonyl (C=O) groups is 1. The Kier molecular flexibility index (Phi) is 5.21. The van der Waals surface area contributed by atoms with Gasteiger partial charge in [-0.2, -0.15) is 0 Å². The first kappa shape index (κ1) is 13.7. The van der Waals surface area contributed by atoms with E-state index in [1.807, 2.05) is 6.07 Å². The van der Waals surface area contributed by atoms with Gasteiger partial charge in [-0.3, -0.25) is 4.79 Å². The molecule has 2 heterocycles. The molecule has 1 fully saturated rings. The Morgan fingerprint density at radius 3 is 2.94 bits per heavy atom. The molecule has 0 N–H and O–H groups in total. The largest absolute Gasteiger partial charge is 0.378 e. The second-order valence-corrected chi connectivity index (χ2v) is 7.41. The maximum atomic E-state index is 11.9. The number of thiophene rings is 1. The lowest BCUT2D eigenvalue weighted by Crippen LogP contribution is -2.06. The van der Waals surface area contributed by atoms with E-state index in [9.17, 15) is 4.79 Å². The minimum absolute atomic E-state index is 0.236. The Bertz CT molecular complexity index is 378. The molecule has 94 valence electrons. The maximum Gasteiger partial charge on any atom is 0.172 e. The number of rotatable bonds is 5. The summed E-state index contributed by atoms with van der Waals surface area (Å²) in [4.78, 5) is 12.7. The number of halogens is 2. The molecule has 1 saturated heterocycles. The molecule has 2 nitrogen and oxygen atoms in total. The molecule has 1 unspecified atom stereocenters. The van der Waals surface area contributed by atoms with Crippen LogP contribution in [0.25, 0.3) is 0 Å². The van der Waals surface area contributed by atoms with Crippen LogP contribution in [0.4, 0.5) is 0 Å². The van der Waals surface area contributed by atoms with E-state index in [2.05, 4.69) is 31.9 Å². The van der Waals surface area contributed by atoms with E-state index in [1.54, 1.807) is 0 Å². The van der Waals surface area contributed by atoms with Crippen LogP contribution >= 0.6 is 43.2 Å². The lowest BCUT2D eigenvalue weighted by molar-refractivity contribution is 0.0925. The molecular weight excluding hydrogens is 368 g/mol. The van der Waals surface area contributed by atoms with Crippen molar-refractivity contribution < 1.29 is 9.53 Å². The van der Waals surface area contributed by atoms with Gasteiger partial charge in [0, 0.05) is 17.5 Å². The summed E-state index contributed by atoms with van der Waals surface area (Å²) in [6.45, 7) is 0.892. The summed E-state index contributed by atoms with van der Waals surface area (Å²) in [5.41, 5.74) is 0. The predicted molar refractivity (Wildman–Crippen MR) is 76.9 cm³/mol. The van der Waals surface area contributed by atoms with Gasteiger partial charge in [0.25, 0.3) is 0 Å². The van der Waals surface area contributed by atoms with Gasteiger partial charge in [-0.15, -0.1) is 11.3 Å². The number of ketones is 1. The molecule has 5 heteroatoms. The molecule has 0 aliphatic carbocycles. The third-order valence-electron chi connectivity index (χ3n) is 2.87. The van der Waals surface area contributed by atoms with E-state index in [0.717, 1.165) is 39.0 Å². The molecule has 0 aromatic carbocycles. The molecular formula is C12H14Br2O2S. The maximum absolute atomic E-state index is 11.9. The summed E-state index contributed by atoms with van der Waals surface area (Å²) in [5.74, 6) is 0.236. The molecule has 0 spiro atoms. The summed E-state index contributed by atoms with van der Waals surface area (Å²) >= 11 is 8.30. The van der Waals surface area contributed by atoms with Gasteiger partial charge in [0.2, 0.25) is 0 Å². The third kappa shape index (κ3) is 3.88. The smallest absolute Gasteiger partial charge is 0.172 e. The Morgan fingerprint density at radius 2 is 2.35 bits per heavy atom. The molecule has 0 amide bonds. The van der Waals surface area contributed by atoms with Crippen LogP contribution in [0.5, 0.6) is 0 Å². The minimum atomic E-state index is 0.236. The summed E-state index contributed by atoms with van der Waals surface area (Å²) < 4.78 is 7.49. The summed E-state index contributed by atoms with van der Waals surface area (Å²) in [6, 6.07) is 1.89. The van der Waals surface area contributed by atoms with Crippen molar-refractivity contribution in [2.75, 3.05) is 6.61 Å². The third-order valence-corrected chi connectivity index (χ3v) is 6.17. The molecule has 0 saturated carbocycles. The Morgan fingerprint density at radius 1 is 1.53 bits per heavy atom.